The number of ketones is 1. The van der Waals surface area contributed by atoms with Gasteiger partial charge in [-0.1, -0.05) is 76.2 Å². The minimum Gasteiger partial charge on any atom is -0.508 e. The third-order valence-electron chi connectivity index (χ3n) is 6.36. The van der Waals surface area contributed by atoms with Crippen LogP contribution in [0, 0.1) is 0 Å². The molecule has 4 rings (SSSR count). The number of ether oxygens (including phenoxy) is 1. The van der Waals surface area contributed by atoms with Crippen molar-refractivity contribution in [1.82, 2.24) is 0 Å². The summed E-state index contributed by atoms with van der Waals surface area (Å²) < 4.78 is 6.01. The fourth-order valence-electron chi connectivity index (χ4n) is 3.98. The van der Waals surface area contributed by atoms with Gasteiger partial charge in [-0.25, -0.2) is 0 Å². The first-order valence-corrected chi connectivity index (χ1v) is 11.6. The molecule has 3 heteroatoms. The monoisotopic (exact) mass is 450 g/mol. The van der Waals surface area contributed by atoms with Crippen molar-refractivity contribution in [3.8, 4) is 17.2 Å². The Morgan fingerprint density at radius 1 is 0.676 bits per heavy atom. The van der Waals surface area contributed by atoms with Gasteiger partial charge in [-0.3, -0.25) is 4.79 Å². The van der Waals surface area contributed by atoms with Crippen molar-refractivity contribution in [3.63, 3.8) is 0 Å². The normalized spacial score (nSPS) is 11.4. The molecule has 0 aliphatic heterocycles. The van der Waals surface area contributed by atoms with Crippen molar-refractivity contribution in [2.45, 2.75) is 39.0 Å². The van der Waals surface area contributed by atoms with Crippen molar-refractivity contribution in [2.24, 2.45) is 0 Å². The molecule has 3 nitrogen and oxygen atoms in total. The Morgan fingerprint density at radius 3 is 1.56 bits per heavy atom. The second-order valence-electron chi connectivity index (χ2n) is 9.43. The predicted molar refractivity (Wildman–Crippen MR) is 137 cm³/mol. The highest BCUT2D eigenvalue weighted by molar-refractivity contribution is 6.09. The van der Waals surface area contributed by atoms with Crippen LogP contribution >= 0.6 is 0 Å². The fourth-order valence-corrected chi connectivity index (χ4v) is 3.98. The Labute approximate surface area is 201 Å². The smallest absolute Gasteiger partial charge is 0.193 e. The second kappa shape index (κ2) is 9.56. The van der Waals surface area contributed by atoms with E-state index < -0.39 is 0 Å². The van der Waals surface area contributed by atoms with Gasteiger partial charge in [0.1, 0.15) is 17.2 Å². The zero-order valence-electron chi connectivity index (χ0n) is 20.1. The Kier molecular flexibility index (Phi) is 6.56. The Morgan fingerprint density at radius 2 is 1.09 bits per heavy atom. The number of rotatable bonds is 7. The van der Waals surface area contributed by atoms with Crippen LogP contribution in [0.25, 0.3) is 0 Å². The van der Waals surface area contributed by atoms with Gasteiger partial charge in [0, 0.05) is 16.5 Å². The van der Waals surface area contributed by atoms with E-state index in [-0.39, 0.29) is 16.9 Å². The molecule has 34 heavy (non-hydrogen) atoms. The number of phenols is 1. The van der Waals surface area contributed by atoms with E-state index in [1.165, 1.54) is 5.56 Å². The highest BCUT2D eigenvalue weighted by atomic mass is 16.5. The molecule has 0 spiro atoms. The molecule has 0 bridgehead atoms. The molecule has 0 saturated heterocycles. The summed E-state index contributed by atoms with van der Waals surface area (Å²) in [6.45, 7) is 8.59. The lowest BCUT2D eigenvalue weighted by Gasteiger charge is -2.26. The van der Waals surface area contributed by atoms with Crippen LogP contribution in [-0.4, -0.2) is 10.9 Å². The second-order valence-corrected chi connectivity index (χ2v) is 9.43. The third-order valence-corrected chi connectivity index (χ3v) is 6.36. The summed E-state index contributed by atoms with van der Waals surface area (Å²) in [5, 5.41) is 9.57. The van der Waals surface area contributed by atoms with Crippen LogP contribution in [-0.2, 0) is 5.41 Å². The molecule has 0 radical (unpaired) electrons. The van der Waals surface area contributed by atoms with Crippen molar-refractivity contribution in [2.75, 3.05) is 0 Å². The average molecular weight is 451 g/mol. The summed E-state index contributed by atoms with van der Waals surface area (Å²) in [6, 6.07) is 30.4. The summed E-state index contributed by atoms with van der Waals surface area (Å²) in [4.78, 5) is 12.8. The van der Waals surface area contributed by atoms with Crippen molar-refractivity contribution < 1.29 is 14.6 Å². The molecule has 0 aliphatic rings. The number of aromatic hydroxyl groups is 1. The number of phenolic OH excluding ortho intramolecular Hbond substituents is 1. The lowest BCUT2D eigenvalue weighted by Crippen LogP contribution is -2.18. The van der Waals surface area contributed by atoms with Crippen LogP contribution in [0.2, 0.25) is 0 Å². The Bertz CT molecular complexity index is 1250. The average Bonchev–Trinajstić information content (AvgIpc) is 2.85. The van der Waals surface area contributed by atoms with E-state index >= 15 is 0 Å². The predicted octanol–water partition coefficient (Wildman–Crippen LogP) is 7.86. The van der Waals surface area contributed by atoms with Gasteiger partial charge in [-0.2, -0.15) is 0 Å². The molecule has 0 unspecified atom stereocenters. The minimum atomic E-state index is -0.207. The van der Waals surface area contributed by atoms with E-state index in [9.17, 15) is 9.90 Å². The largest absolute Gasteiger partial charge is 0.508 e. The zero-order valence-corrected chi connectivity index (χ0v) is 20.1. The van der Waals surface area contributed by atoms with Crippen LogP contribution in [0.15, 0.2) is 97.1 Å². The van der Waals surface area contributed by atoms with Crippen LogP contribution < -0.4 is 4.74 Å². The van der Waals surface area contributed by atoms with E-state index in [0.29, 0.717) is 22.8 Å². The van der Waals surface area contributed by atoms with Gasteiger partial charge < -0.3 is 9.84 Å². The van der Waals surface area contributed by atoms with Crippen LogP contribution in [0.3, 0.4) is 0 Å². The van der Waals surface area contributed by atoms with Crippen LogP contribution in [0.5, 0.6) is 17.2 Å². The van der Waals surface area contributed by atoms with Gasteiger partial charge >= 0.3 is 0 Å². The van der Waals surface area contributed by atoms with Crippen LogP contribution in [0.4, 0.5) is 0 Å². The molecule has 0 heterocycles. The van der Waals surface area contributed by atoms with Crippen molar-refractivity contribution in [1.29, 1.82) is 0 Å². The molecule has 0 aliphatic carbocycles. The molecule has 1 N–H and O–H groups in total. The maximum absolute atomic E-state index is 12.8. The lowest BCUT2D eigenvalue weighted by molar-refractivity contribution is 0.103. The number of hydrogen-bond acceptors (Lipinski definition) is 3. The third kappa shape index (κ3) is 5.04. The first kappa shape index (κ1) is 23.3. The quantitative estimate of drug-likeness (QED) is 0.291. The molecule has 0 fully saturated rings. The van der Waals surface area contributed by atoms with Crippen molar-refractivity contribution >= 4 is 5.78 Å². The number of benzene rings is 4. The topological polar surface area (TPSA) is 46.5 Å². The summed E-state index contributed by atoms with van der Waals surface area (Å²) in [7, 11) is 0. The number of carbonyl (C=O) groups excluding carboxylic acids is 1. The summed E-state index contributed by atoms with van der Waals surface area (Å²) in [5.74, 6) is 2.11. The van der Waals surface area contributed by atoms with E-state index in [2.05, 4.69) is 39.8 Å². The fraction of sp³-hybridized carbons (Fsp3) is 0.194. The van der Waals surface area contributed by atoms with Crippen molar-refractivity contribution in [3.05, 3.63) is 125 Å². The minimum absolute atomic E-state index is 0.00247. The molecule has 0 amide bonds. The van der Waals surface area contributed by atoms with Gasteiger partial charge in [0.2, 0.25) is 0 Å². The molecular formula is C31H30O3. The molecular weight excluding hydrogens is 420 g/mol. The van der Waals surface area contributed by atoms with Gasteiger partial charge in [-0.15, -0.1) is 0 Å². The lowest BCUT2D eigenvalue weighted by atomic mass is 9.78. The first-order chi connectivity index (χ1) is 16.2. The maximum Gasteiger partial charge on any atom is 0.193 e. The highest BCUT2D eigenvalue weighted by Crippen LogP contribution is 2.34. The summed E-state index contributed by atoms with van der Waals surface area (Å²) in [5.41, 5.74) is 4.60. The zero-order chi connectivity index (χ0) is 24.3. The molecule has 0 saturated carbocycles. The molecule has 4 aromatic carbocycles. The van der Waals surface area contributed by atoms with Gasteiger partial charge in [0.05, 0.1) is 0 Å². The summed E-state index contributed by atoms with van der Waals surface area (Å²) in [6.07, 6.45) is 0. The van der Waals surface area contributed by atoms with E-state index in [1.807, 2.05) is 60.7 Å². The highest BCUT2D eigenvalue weighted by Gasteiger charge is 2.23. The van der Waals surface area contributed by atoms with Gasteiger partial charge in [-0.05, 0) is 71.1 Å². The molecule has 4 aromatic rings. The number of carbonyl (C=O) groups is 1. The number of hydrogen-bond donors (Lipinski definition) is 1. The standard InChI is InChI=1S/C31H30O3/c1-21(2)22-5-7-23(8-6-22)30(33)24-9-17-28(18-10-24)34-29-19-13-26(14-20-29)31(3,4)25-11-15-27(32)16-12-25/h5-21,32H,1-4H3. The first-order valence-electron chi connectivity index (χ1n) is 11.6. The molecule has 0 aromatic heterocycles. The van der Waals surface area contributed by atoms with E-state index in [0.717, 1.165) is 16.9 Å². The summed E-state index contributed by atoms with van der Waals surface area (Å²) >= 11 is 0. The molecule has 172 valence electrons. The van der Waals surface area contributed by atoms with Gasteiger partial charge in [0.25, 0.3) is 0 Å². The Hall–Kier alpha value is -3.85. The van der Waals surface area contributed by atoms with E-state index in [1.54, 1.807) is 24.3 Å². The Balaban J connectivity index is 1.44. The molecule has 0 atom stereocenters. The van der Waals surface area contributed by atoms with Crippen LogP contribution in [0.1, 0.15) is 66.2 Å². The van der Waals surface area contributed by atoms with E-state index in [4.69, 9.17) is 4.74 Å². The maximum atomic E-state index is 12.8. The SMILES string of the molecule is CC(C)c1ccc(C(=O)c2ccc(Oc3ccc(C(C)(C)c4ccc(O)cc4)cc3)cc2)cc1. The van der Waals surface area contributed by atoms with Gasteiger partial charge in [0.15, 0.2) is 5.78 Å².